The summed E-state index contributed by atoms with van der Waals surface area (Å²) in [4.78, 5) is 10.8. The fraction of sp³-hybridized carbons (Fsp3) is 0.500. The minimum Gasteiger partial charge on any atom is -0.494 e. The van der Waals surface area contributed by atoms with Crippen LogP contribution >= 0.6 is 15.9 Å². The highest BCUT2D eigenvalue weighted by atomic mass is 79.9. The average molecular weight is 313 g/mol. The molecule has 1 atom stereocenters. The molecule has 4 heteroatoms. The second-order valence-corrected chi connectivity index (χ2v) is 5.38. The van der Waals surface area contributed by atoms with E-state index in [0.29, 0.717) is 6.61 Å². The zero-order valence-electron chi connectivity index (χ0n) is 10.2. The third-order valence-electron chi connectivity index (χ3n) is 3.28. The summed E-state index contributed by atoms with van der Waals surface area (Å²) in [5, 5.41) is 9.81. The summed E-state index contributed by atoms with van der Waals surface area (Å²) in [6, 6.07) is 6.04. The van der Waals surface area contributed by atoms with Crippen LogP contribution in [0.15, 0.2) is 18.2 Å². The maximum atomic E-state index is 10.8. The maximum Gasteiger partial charge on any atom is 0.303 e. The van der Waals surface area contributed by atoms with Gasteiger partial charge in [-0.1, -0.05) is 22.0 Å². The van der Waals surface area contributed by atoms with E-state index in [9.17, 15) is 4.79 Å². The van der Waals surface area contributed by atoms with E-state index in [1.54, 1.807) is 0 Å². The zero-order valence-corrected chi connectivity index (χ0v) is 11.8. The molecule has 0 spiro atoms. The topological polar surface area (TPSA) is 46.5 Å². The van der Waals surface area contributed by atoms with E-state index in [1.165, 1.54) is 11.1 Å². The van der Waals surface area contributed by atoms with Crippen molar-refractivity contribution in [3.05, 3.63) is 29.3 Å². The van der Waals surface area contributed by atoms with Crippen LogP contribution in [-0.4, -0.2) is 23.0 Å². The lowest BCUT2D eigenvalue weighted by molar-refractivity contribution is -0.137. The molecule has 0 radical (unpaired) electrons. The lowest BCUT2D eigenvalue weighted by Crippen LogP contribution is -2.03. The third kappa shape index (κ3) is 3.25. The molecular formula is C14H17BrO3. The number of aryl methyl sites for hydroxylation is 1. The molecular weight excluding hydrogens is 296 g/mol. The van der Waals surface area contributed by atoms with Gasteiger partial charge in [-0.05, 0) is 48.4 Å². The van der Waals surface area contributed by atoms with E-state index < -0.39 is 5.97 Å². The minimum atomic E-state index is -0.717. The van der Waals surface area contributed by atoms with E-state index in [4.69, 9.17) is 9.84 Å². The van der Waals surface area contributed by atoms with Crippen LogP contribution in [0.4, 0.5) is 0 Å². The average Bonchev–Trinajstić information content (AvgIpc) is 2.72. The number of hydrogen-bond donors (Lipinski definition) is 1. The van der Waals surface area contributed by atoms with E-state index in [-0.39, 0.29) is 12.3 Å². The smallest absolute Gasteiger partial charge is 0.303 e. The Hall–Kier alpha value is -1.03. The Kier molecular flexibility index (Phi) is 4.64. The number of fused-ring (bicyclic) bond motifs is 1. The monoisotopic (exact) mass is 312 g/mol. The number of carboxylic acids is 1. The molecule has 98 valence electrons. The Labute approximate surface area is 115 Å². The molecule has 0 amide bonds. The lowest BCUT2D eigenvalue weighted by atomic mass is 9.98. The number of rotatable bonds is 6. The van der Waals surface area contributed by atoms with Crippen molar-refractivity contribution in [2.45, 2.75) is 31.6 Å². The molecule has 3 nitrogen and oxygen atoms in total. The summed E-state index contributed by atoms with van der Waals surface area (Å²) in [6.45, 7) is 0.711. The first kappa shape index (κ1) is 13.4. The minimum absolute atomic E-state index is 0.175. The summed E-state index contributed by atoms with van der Waals surface area (Å²) in [5.41, 5.74) is 2.43. The van der Waals surface area contributed by atoms with Gasteiger partial charge in [0.1, 0.15) is 5.75 Å². The number of benzene rings is 1. The molecule has 0 heterocycles. The van der Waals surface area contributed by atoms with Crippen molar-refractivity contribution in [1.82, 2.24) is 0 Å². The highest BCUT2D eigenvalue weighted by molar-refractivity contribution is 9.09. The molecule has 1 aliphatic carbocycles. The summed E-state index contributed by atoms with van der Waals surface area (Å²) in [7, 11) is 0. The van der Waals surface area contributed by atoms with Gasteiger partial charge in [-0.25, -0.2) is 0 Å². The van der Waals surface area contributed by atoms with Crippen LogP contribution in [0.1, 0.15) is 36.3 Å². The Bertz CT molecular complexity index is 431. The fourth-order valence-electron chi connectivity index (χ4n) is 2.44. The third-order valence-corrected chi connectivity index (χ3v) is 3.84. The molecule has 0 bridgehead atoms. The van der Waals surface area contributed by atoms with Gasteiger partial charge in [0.2, 0.25) is 0 Å². The Morgan fingerprint density at radius 1 is 1.50 bits per heavy atom. The molecule has 0 aromatic heterocycles. The molecule has 0 saturated carbocycles. The van der Waals surface area contributed by atoms with Crippen molar-refractivity contribution in [2.24, 2.45) is 0 Å². The van der Waals surface area contributed by atoms with Crippen LogP contribution in [0.5, 0.6) is 5.75 Å². The Morgan fingerprint density at radius 3 is 3.06 bits per heavy atom. The van der Waals surface area contributed by atoms with Crippen LogP contribution < -0.4 is 4.74 Å². The molecule has 1 unspecified atom stereocenters. The van der Waals surface area contributed by atoms with E-state index in [1.807, 2.05) is 12.1 Å². The van der Waals surface area contributed by atoms with E-state index in [2.05, 4.69) is 22.0 Å². The predicted octanol–water partition coefficient (Wildman–Crippen LogP) is 3.35. The first-order valence-electron chi connectivity index (χ1n) is 6.24. The number of ether oxygens (including phenoxy) is 1. The number of carboxylic acid groups (broad SMARTS) is 1. The SMILES string of the molecule is O=C(O)CC1CCc2cc(OCCCBr)ccc21. The number of carbonyl (C=O) groups is 1. The first-order chi connectivity index (χ1) is 8.70. The Morgan fingerprint density at radius 2 is 2.33 bits per heavy atom. The Balaban J connectivity index is 2.03. The zero-order chi connectivity index (χ0) is 13.0. The largest absolute Gasteiger partial charge is 0.494 e. The summed E-state index contributed by atoms with van der Waals surface area (Å²) in [5.74, 6) is 0.352. The summed E-state index contributed by atoms with van der Waals surface area (Å²) >= 11 is 3.37. The van der Waals surface area contributed by atoms with Crippen LogP contribution in [-0.2, 0) is 11.2 Å². The van der Waals surface area contributed by atoms with Crippen LogP contribution in [0.2, 0.25) is 0 Å². The van der Waals surface area contributed by atoms with Crippen LogP contribution in [0.25, 0.3) is 0 Å². The molecule has 1 aromatic rings. The van der Waals surface area contributed by atoms with Crippen molar-refractivity contribution < 1.29 is 14.6 Å². The molecule has 1 aliphatic rings. The predicted molar refractivity (Wildman–Crippen MR) is 73.7 cm³/mol. The molecule has 0 saturated heterocycles. The van der Waals surface area contributed by atoms with Crippen molar-refractivity contribution in [3.8, 4) is 5.75 Å². The van der Waals surface area contributed by atoms with Gasteiger partial charge >= 0.3 is 5.97 Å². The number of halogens is 1. The normalized spacial score (nSPS) is 17.5. The molecule has 0 aliphatic heterocycles. The van der Waals surface area contributed by atoms with Gasteiger partial charge in [0.25, 0.3) is 0 Å². The van der Waals surface area contributed by atoms with E-state index >= 15 is 0 Å². The standard InChI is InChI=1S/C14H17BrO3/c15-6-1-7-18-12-4-5-13-10(8-12)2-3-11(13)9-14(16)17/h4-5,8,11H,1-3,6-7,9H2,(H,16,17). The highest BCUT2D eigenvalue weighted by Gasteiger charge is 2.24. The van der Waals surface area contributed by atoms with Crippen LogP contribution in [0.3, 0.4) is 0 Å². The number of hydrogen-bond acceptors (Lipinski definition) is 2. The van der Waals surface area contributed by atoms with Gasteiger partial charge < -0.3 is 9.84 Å². The molecule has 0 fully saturated rings. The highest BCUT2D eigenvalue weighted by Crippen LogP contribution is 2.37. The molecule has 2 rings (SSSR count). The maximum absolute atomic E-state index is 10.8. The van der Waals surface area contributed by atoms with Gasteiger partial charge in [0, 0.05) is 5.33 Å². The van der Waals surface area contributed by atoms with E-state index in [0.717, 1.165) is 30.3 Å². The van der Waals surface area contributed by atoms with Gasteiger partial charge in [-0.3, -0.25) is 4.79 Å². The second-order valence-electron chi connectivity index (χ2n) is 4.59. The van der Waals surface area contributed by atoms with Crippen LogP contribution in [0, 0.1) is 0 Å². The molecule has 1 aromatic carbocycles. The number of alkyl halides is 1. The molecule has 1 N–H and O–H groups in total. The van der Waals surface area contributed by atoms with Crippen molar-refractivity contribution in [2.75, 3.05) is 11.9 Å². The van der Waals surface area contributed by atoms with Gasteiger partial charge in [0.15, 0.2) is 0 Å². The summed E-state index contributed by atoms with van der Waals surface area (Å²) < 4.78 is 5.64. The fourth-order valence-corrected chi connectivity index (χ4v) is 2.67. The summed E-state index contributed by atoms with van der Waals surface area (Å²) in [6.07, 6.45) is 3.12. The number of aliphatic carboxylic acids is 1. The van der Waals surface area contributed by atoms with Gasteiger partial charge in [-0.15, -0.1) is 0 Å². The first-order valence-corrected chi connectivity index (χ1v) is 7.36. The van der Waals surface area contributed by atoms with Gasteiger partial charge in [-0.2, -0.15) is 0 Å². The second kappa shape index (κ2) is 6.23. The van der Waals surface area contributed by atoms with Gasteiger partial charge in [0.05, 0.1) is 13.0 Å². The lowest BCUT2D eigenvalue weighted by Gasteiger charge is -2.10. The quantitative estimate of drug-likeness (QED) is 0.647. The van der Waals surface area contributed by atoms with Crippen molar-refractivity contribution in [3.63, 3.8) is 0 Å². The van der Waals surface area contributed by atoms with Crippen molar-refractivity contribution in [1.29, 1.82) is 0 Å². The van der Waals surface area contributed by atoms with Crippen molar-refractivity contribution >= 4 is 21.9 Å². The molecule has 18 heavy (non-hydrogen) atoms.